The van der Waals surface area contributed by atoms with Gasteiger partial charge in [0.2, 0.25) is 5.91 Å². The maximum absolute atomic E-state index is 11.0. The van der Waals surface area contributed by atoms with Crippen molar-refractivity contribution in [2.24, 2.45) is 0 Å². The molecule has 0 unspecified atom stereocenters. The summed E-state index contributed by atoms with van der Waals surface area (Å²) < 4.78 is 0. The molecule has 0 spiro atoms. The van der Waals surface area contributed by atoms with Crippen molar-refractivity contribution in [3.8, 4) is 0 Å². The van der Waals surface area contributed by atoms with Crippen molar-refractivity contribution in [2.75, 3.05) is 11.1 Å². The van der Waals surface area contributed by atoms with E-state index in [1.807, 2.05) is 0 Å². The number of thioether (sulfide) groups is 1. The van der Waals surface area contributed by atoms with Crippen LogP contribution in [0.25, 0.3) is 0 Å². The van der Waals surface area contributed by atoms with Crippen LogP contribution in [0.3, 0.4) is 0 Å². The zero-order valence-corrected chi connectivity index (χ0v) is 8.30. The molecule has 0 atom stereocenters. The highest BCUT2D eigenvalue weighted by molar-refractivity contribution is 8.00. The van der Waals surface area contributed by atoms with Gasteiger partial charge >= 0.3 is 5.97 Å². The highest BCUT2D eigenvalue weighted by atomic mass is 32.2. The molecule has 4 N–H and O–H groups in total. The Hall–Kier alpha value is -1.60. The largest absolute Gasteiger partial charge is 0.478 e. The minimum atomic E-state index is -1.05. The first-order valence-electron chi connectivity index (χ1n) is 3.83. The Labute approximate surface area is 89.0 Å². The third-order valence-electron chi connectivity index (χ3n) is 1.71. The molecule has 1 aliphatic rings. The number of fused-ring (bicyclic) bond motifs is 1. The van der Waals surface area contributed by atoms with E-state index in [4.69, 9.17) is 5.11 Å². The number of amides is 1. The van der Waals surface area contributed by atoms with Crippen LogP contribution in [-0.4, -0.2) is 33.2 Å². The molecule has 0 fully saturated rings. The molecule has 0 saturated carbocycles. The SMILES string of the molecule is O.O=C1CSc2ncc(C(=O)O)cc2N1. The third kappa shape index (κ3) is 2.25. The number of anilines is 1. The topological polar surface area (TPSA) is 111 Å². The fourth-order valence-corrected chi connectivity index (χ4v) is 1.83. The van der Waals surface area contributed by atoms with E-state index in [0.717, 1.165) is 0 Å². The molecule has 1 aliphatic heterocycles. The lowest BCUT2D eigenvalue weighted by Crippen LogP contribution is -2.19. The molecule has 0 saturated heterocycles. The maximum Gasteiger partial charge on any atom is 0.337 e. The van der Waals surface area contributed by atoms with E-state index in [1.165, 1.54) is 24.0 Å². The van der Waals surface area contributed by atoms with Gasteiger partial charge in [-0.3, -0.25) is 4.79 Å². The van der Waals surface area contributed by atoms with Crippen molar-refractivity contribution < 1.29 is 20.2 Å². The lowest BCUT2D eigenvalue weighted by atomic mass is 10.2. The summed E-state index contributed by atoms with van der Waals surface area (Å²) >= 11 is 1.30. The molecule has 1 aromatic heterocycles. The Kier molecular flexibility index (Phi) is 3.28. The minimum absolute atomic E-state index is 0. The van der Waals surface area contributed by atoms with E-state index >= 15 is 0 Å². The number of hydrogen-bond donors (Lipinski definition) is 2. The Bertz CT molecular complexity index is 421. The zero-order valence-electron chi connectivity index (χ0n) is 7.48. The first-order valence-corrected chi connectivity index (χ1v) is 4.81. The van der Waals surface area contributed by atoms with Gasteiger partial charge in [-0.1, -0.05) is 11.8 Å². The van der Waals surface area contributed by atoms with Crippen molar-refractivity contribution in [1.29, 1.82) is 0 Å². The first kappa shape index (κ1) is 11.5. The molecule has 6 nitrogen and oxygen atoms in total. The van der Waals surface area contributed by atoms with E-state index in [0.29, 0.717) is 16.5 Å². The molecule has 1 amide bonds. The molecular weight excluding hydrogens is 220 g/mol. The molecule has 80 valence electrons. The smallest absolute Gasteiger partial charge is 0.337 e. The summed E-state index contributed by atoms with van der Waals surface area (Å²) in [5, 5.41) is 11.9. The predicted molar refractivity (Wildman–Crippen MR) is 54.2 cm³/mol. The number of nitrogens with zero attached hydrogens (tertiary/aromatic N) is 1. The summed E-state index contributed by atoms with van der Waals surface area (Å²) in [7, 11) is 0. The Morgan fingerprint density at radius 3 is 3.00 bits per heavy atom. The number of carbonyl (C=O) groups is 2. The molecule has 2 rings (SSSR count). The van der Waals surface area contributed by atoms with Crippen molar-refractivity contribution in [2.45, 2.75) is 5.03 Å². The van der Waals surface area contributed by atoms with Crippen LogP contribution in [0, 0.1) is 0 Å². The lowest BCUT2D eigenvalue weighted by molar-refractivity contribution is -0.113. The molecule has 0 radical (unpaired) electrons. The summed E-state index contributed by atoms with van der Waals surface area (Å²) in [6, 6.07) is 1.41. The van der Waals surface area contributed by atoms with Crippen molar-refractivity contribution >= 4 is 29.3 Å². The van der Waals surface area contributed by atoms with E-state index in [9.17, 15) is 9.59 Å². The molecule has 15 heavy (non-hydrogen) atoms. The van der Waals surface area contributed by atoms with Gasteiger partial charge in [0.1, 0.15) is 5.03 Å². The molecular formula is C8H8N2O4S. The number of carboxylic acid groups (broad SMARTS) is 1. The van der Waals surface area contributed by atoms with E-state index in [1.54, 1.807) is 0 Å². The van der Waals surface area contributed by atoms with Gasteiger partial charge in [0.05, 0.1) is 17.0 Å². The van der Waals surface area contributed by atoms with Crippen LogP contribution in [0.4, 0.5) is 5.69 Å². The zero-order chi connectivity index (χ0) is 10.1. The molecule has 0 bridgehead atoms. The molecule has 0 aromatic carbocycles. The summed E-state index contributed by atoms with van der Waals surface area (Å²) in [6.45, 7) is 0. The van der Waals surface area contributed by atoms with Crippen LogP contribution < -0.4 is 5.32 Å². The van der Waals surface area contributed by atoms with Gasteiger partial charge in [-0.2, -0.15) is 0 Å². The average molecular weight is 228 g/mol. The number of carboxylic acids is 1. The van der Waals surface area contributed by atoms with Crippen LogP contribution in [0.1, 0.15) is 10.4 Å². The van der Waals surface area contributed by atoms with E-state index < -0.39 is 5.97 Å². The quantitative estimate of drug-likeness (QED) is 0.702. The molecule has 0 aliphatic carbocycles. The van der Waals surface area contributed by atoms with E-state index in [2.05, 4.69) is 10.3 Å². The number of pyridine rings is 1. The van der Waals surface area contributed by atoms with Gasteiger partial charge in [0, 0.05) is 6.20 Å². The normalized spacial score (nSPS) is 13.5. The Morgan fingerprint density at radius 1 is 1.60 bits per heavy atom. The van der Waals surface area contributed by atoms with Crippen LogP contribution in [0.15, 0.2) is 17.3 Å². The average Bonchev–Trinajstić information content (AvgIpc) is 2.16. The van der Waals surface area contributed by atoms with Crippen LogP contribution in [0.2, 0.25) is 0 Å². The standard InChI is InChI=1S/C8H6N2O3S.H2O/c11-6-3-14-7-5(10-6)1-4(2-9-7)8(12)13;/h1-2H,3H2,(H,10,11)(H,12,13);1H2. The lowest BCUT2D eigenvalue weighted by Gasteiger charge is -2.14. The highest BCUT2D eigenvalue weighted by Gasteiger charge is 2.18. The maximum atomic E-state index is 11.0. The summed E-state index contributed by atoms with van der Waals surface area (Å²) in [4.78, 5) is 25.6. The fourth-order valence-electron chi connectivity index (χ4n) is 1.09. The Balaban J connectivity index is 0.00000112. The number of aromatic carboxylic acids is 1. The van der Waals surface area contributed by atoms with Crippen LogP contribution in [-0.2, 0) is 4.79 Å². The fraction of sp³-hybridized carbons (Fsp3) is 0.125. The highest BCUT2D eigenvalue weighted by Crippen LogP contribution is 2.29. The number of hydrogen-bond acceptors (Lipinski definition) is 4. The number of carbonyl (C=O) groups excluding carboxylic acids is 1. The van der Waals surface area contributed by atoms with Crippen molar-refractivity contribution in [3.63, 3.8) is 0 Å². The molecule has 7 heteroatoms. The molecule has 2 heterocycles. The van der Waals surface area contributed by atoms with Gasteiger partial charge in [-0.25, -0.2) is 9.78 Å². The van der Waals surface area contributed by atoms with Gasteiger partial charge < -0.3 is 15.9 Å². The monoisotopic (exact) mass is 228 g/mol. The molecule has 1 aromatic rings. The summed E-state index contributed by atoms with van der Waals surface area (Å²) in [6.07, 6.45) is 1.28. The second-order valence-electron chi connectivity index (χ2n) is 2.72. The van der Waals surface area contributed by atoms with Crippen molar-refractivity contribution in [1.82, 2.24) is 4.98 Å². The second-order valence-corrected chi connectivity index (χ2v) is 3.68. The minimum Gasteiger partial charge on any atom is -0.478 e. The van der Waals surface area contributed by atoms with Crippen LogP contribution >= 0.6 is 11.8 Å². The predicted octanol–water partition coefficient (Wildman–Crippen LogP) is -0.000700. The van der Waals surface area contributed by atoms with Gasteiger partial charge in [-0.15, -0.1) is 0 Å². The third-order valence-corrected chi connectivity index (χ3v) is 2.72. The Morgan fingerprint density at radius 2 is 2.33 bits per heavy atom. The van der Waals surface area contributed by atoms with Gasteiger partial charge in [0.15, 0.2) is 0 Å². The number of rotatable bonds is 1. The van der Waals surface area contributed by atoms with Crippen LogP contribution in [0.5, 0.6) is 0 Å². The second kappa shape index (κ2) is 4.28. The van der Waals surface area contributed by atoms with Gasteiger partial charge in [-0.05, 0) is 6.07 Å². The van der Waals surface area contributed by atoms with E-state index in [-0.39, 0.29) is 16.9 Å². The van der Waals surface area contributed by atoms with Gasteiger partial charge in [0.25, 0.3) is 0 Å². The first-order chi connectivity index (χ1) is 6.66. The van der Waals surface area contributed by atoms with Crippen molar-refractivity contribution in [3.05, 3.63) is 17.8 Å². The number of nitrogens with one attached hydrogen (secondary N) is 1. The summed E-state index contributed by atoms with van der Waals surface area (Å²) in [5.41, 5.74) is 0.553. The number of aromatic nitrogens is 1. The summed E-state index contributed by atoms with van der Waals surface area (Å²) in [5.74, 6) is -0.858.